The standard InChI is InChI=1S/C12H20N2O3/c1-3-14(4-2)9-12(16)13-8-10(15)11-6-5-7-17-11/h5-7,10,15H,3-4,8-9H2,1-2H3,(H,13,16). The molecule has 0 spiro atoms. The highest BCUT2D eigenvalue weighted by Crippen LogP contribution is 2.11. The van der Waals surface area contributed by atoms with Crippen molar-refractivity contribution in [2.45, 2.75) is 20.0 Å². The van der Waals surface area contributed by atoms with E-state index in [-0.39, 0.29) is 12.5 Å². The van der Waals surface area contributed by atoms with E-state index < -0.39 is 6.10 Å². The summed E-state index contributed by atoms with van der Waals surface area (Å²) in [6.07, 6.45) is 0.710. The van der Waals surface area contributed by atoms with Crippen LogP contribution >= 0.6 is 0 Å². The number of carbonyl (C=O) groups excluding carboxylic acids is 1. The number of rotatable bonds is 7. The van der Waals surface area contributed by atoms with Crippen LogP contribution in [-0.4, -0.2) is 42.1 Å². The summed E-state index contributed by atoms with van der Waals surface area (Å²) >= 11 is 0. The van der Waals surface area contributed by atoms with Gasteiger partial charge in [-0.2, -0.15) is 0 Å². The Hall–Kier alpha value is -1.33. The fraction of sp³-hybridized carbons (Fsp3) is 0.583. The lowest BCUT2D eigenvalue weighted by atomic mass is 10.2. The number of hydrogen-bond donors (Lipinski definition) is 2. The summed E-state index contributed by atoms with van der Waals surface area (Å²) in [5, 5.41) is 12.4. The average Bonchev–Trinajstić information content (AvgIpc) is 2.86. The van der Waals surface area contributed by atoms with E-state index in [9.17, 15) is 9.90 Å². The van der Waals surface area contributed by atoms with Gasteiger partial charge in [0.25, 0.3) is 0 Å². The minimum Gasteiger partial charge on any atom is -0.467 e. The number of aliphatic hydroxyl groups excluding tert-OH is 1. The maximum atomic E-state index is 11.6. The second-order valence-corrected chi connectivity index (χ2v) is 3.80. The van der Waals surface area contributed by atoms with Gasteiger partial charge in [-0.15, -0.1) is 0 Å². The fourth-order valence-electron chi connectivity index (χ4n) is 1.50. The van der Waals surface area contributed by atoms with Gasteiger partial charge >= 0.3 is 0 Å². The third-order valence-corrected chi connectivity index (χ3v) is 2.63. The number of nitrogens with zero attached hydrogens (tertiary/aromatic N) is 1. The van der Waals surface area contributed by atoms with Crippen LogP contribution in [0.1, 0.15) is 25.7 Å². The Bertz CT molecular complexity index is 321. The van der Waals surface area contributed by atoms with Crippen molar-refractivity contribution in [1.82, 2.24) is 10.2 Å². The molecule has 0 saturated heterocycles. The van der Waals surface area contributed by atoms with Gasteiger partial charge in [0.05, 0.1) is 19.4 Å². The van der Waals surface area contributed by atoms with Crippen LogP contribution in [0.15, 0.2) is 22.8 Å². The molecule has 5 heteroatoms. The van der Waals surface area contributed by atoms with E-state index in [4.69, 9.17) is 4.42 Å². The van der Waals surface area contributed by atoms with Crippen molar-refractivity contribution in [2.75, 3.05) is 26.2 Å². The van der Waals surface area contributed by atoms with Gasteiger partial charge in [0.2, 0.25) is 5.91 Å². The van der Waals surface area contributed by atoms with Gasteiger partial charge < -0.3 is 14.8 Å². The first-order valence-electron chi connectivity index (χ1n) is 5.87. The maximum absolute atomic E-state index is 11.6. The molecule has 1 aromatic heterocycles. The third kappa shape index (κ3) is 4.58. The van der Waals surface area contributed by atoms with E-state index in [0.717, 1.165) is 13.1 Å². The second-order valence-electron chi connectivity index (χ2n) is 3.80. The van der Waals surface area contributed by atoms with Crippen molar-refractivity contribution in [3.63, 3.8) is 0 Å². The quantitative estimate of drug-likeness (QED) is 0.739. The molecule has 96 valence electrons. The molecular formula is C12H20N2O3. The Balaban J connectivity index is 2.28. The lowest BCUT2D eigenvalue weighted by molar-refractivity contribution is -0.122. The van der Waals surface area contributed by atoms with E-state index in [1.165, 1.54) is 6.26 Å². The first-order valence-corrected chi connectivity index (χ1v) is 5.87. The van der Waals surface area contributed by atoms with E-state index in [0.29, 0.717) is 12.3 Å². The molecule has 0 radical (unpaired) electrons. The molecular weight excluding hydrogens is 220 g/mol. The van der Waals surface area contributed by atoms with Crippen LogP contribution in [0.5, 0.6) is 0 Å². The van der Waals surface area contributed by atoms with Gasteiger partial charge in [-0.25, -0.2) is 0 Å². The van der Waals surface area contributed by atoms with Crippen LogP contribution in [0.2, 0.25) is 0 Å². The van der Waals surface area contributed by atoms with Gasteiger partial charge in [-0.1, -0.05) is 13.8 Å². The molecule has 0 saturated carbocycles. The molecule has 0 aromatic carbocycles. The van der Waals surface area contributed by atoms with Gasteiger partial charge in [0.1, 0.15) is 11.9 Å². The number of furan rings is 1. The first-order chi connectivity index (χ1) is 8.17. The predicted octanol–water partition coefficient (Wildman–Crippen LogP) is 0.771. The van der Waals surface area contributed by atoms with Crippen molar-refractivity contribution in [1.29, 1.82) is 0 Å². The topological polar surface area (TPSA) is 65.7 Å². The van der Waals surface area contributed by atoms with Crippen molar-refractivity contribution in [3.8, 4) is 0 Å². The van der Waals surface area contributed by atoms with E-state index in [1.807, 2.05) is 18.7 Å². The molecule has 0 fully saturated rings. The summed E-state index contributed by atoms with van der Waals surface area (Å²) in [6, 6.07) is 3.39. The largest absolute Gasteiger partial charge is 0.467 e. The van der Waals surface area contributed by atoms with Crippen molar-refractivity contribution >= 4 is 5.91 Å². The highest BCUT2D eigenvalue weighted by atomic mass is 16.4. The van der Waals surface area contributed by atoms with Gasteiger partial charge in [0.15, 0.2) is 0 Å². The Morgan fingerprint density at radius 2 is 2.24 bits per heavy atom. The highest BCUT2D eigenvalue weighted by molar-refractivity contribution is 5.78. The minimum absolute atomic E-state index is 0.0840. The molecule has 0 aliphatic carbocycles. The fourth-order valence-corrected chi connectivity index (χ4v) is 1.50. The van der Waals surface area contributed by atoms with Crippen molar-refractivity contribution < 1.29 is 14.3 Å². The molecule has 5 nitrogen and oxygen atoms in total. The van der Waals surface area contributed by atoms with Crippen LogP contribution in [0.3, 0.4) is 0 Å². The zero-order chi connectivity index (χ0) is 12.7. The molecule has 1 amide bonds. The molecule has 1 heterocycles. The lowest BCUT2D eigenvalue weighted by Crippen LogP contribution is -2.38. The van der Waals surface area contributed by atoms with Crippen molar-refractivity contribution in [3.05, 3.63) is 24.2 Å². The van der Waals surface area contributed by atoms with Crippen LogP contribution in [0, 0.1) is 0 Å². The molecule has 1 aromatic rings. The SMILES string of the molecule is CCN(CC)CC(=O)NCC(O)c1ccco1. The first kappa shape index (κ1) is 13.7. The summed E-state index contributed by atoms with van der Waals surface area (Å²) in [7, 11) is 0. The van der Waals surface area contributed by atoms with Gasteiger partial charge in [-0.05, 0) is 25.2 Å². The number of carbonyl (C=O) groups is 1. The number of nitrogens with one attached hydrogen (secondary N) is 1. The number of hydrogen-bond acceptors (Lipinski definition) is 4. The Labute approximate surface area is 101 Å². The van der Waals surface area contributed by atoms with E-state index in [2.05, 4.69) is 5.32 Å². The second kappa shape index (κ2) is 7.09. The van der Waals surface area contributed by atoms with E-state index >= 15 is 0 Å². The summed E-state index contributed by atoms with van der Waals surface area (Å²) < 4.78 is 5.04. The molecule has 0 bridgehead atoms. The van der Waals surface area contributed by atoms with Gasteiger partial charge in [-0.3, -0.25) is 9.69 Å². The van der Waals surface area contributed by atoms with Crippen molar-refractivity contribution in [2.24, 2.45) is 0 Å². The highest BCUT2D eigenvalue weighted by Gasteiger charge is 2.12. The number of amides is 1. The Morgan fingerprint density at radius 1 is 1.53 bits per heavy atom. The lowest BCUT2D eigenvalue weighted by Gasteiger charge is -2.17. The minimum atomic E-state index is -0.786. The van der Waals surface area contributed by atoms with Crippen LogP contribution in [0.4, 0.5) is 0 Å². The molecule has 0 aliphatic rings. The number of likely N-dealkylation sites (N-methyl/N-ethyl adjacent to an activating group) is 1. The normalized spacial score (nSPS) is 12.7. The van der Waals surface area contributed by atoms with Crippen LogP contribution in [0.25, 0.3) is 0 Å². The molecule has 1 rings (SSSR count). The zero-order valence-electron chi connectivity index (χ0n) is 10.3. The predicted molar refractivity (Wildman–Crippen MR) is 64.5 cm³/mol. The zero-order valence-corrected chi connectivity index (χ0v) is 10.3. The molecule has 1 unspecified atom stereocenters. The van der Waals surface area contributed by atoms with Crippen LogP contribution < -0.4 is 5.32 Å². The third-order valence-electron chi connectivity index (χ3n) is 2.63. The van der Waals surface area contributed by atoms with E-state index in [1.54, 1.807) is 12.1 Å². The molecule has 1 atom stereocenters. The van der Waals surface area contributed by atoms with Crippen LogP contribution in [-0.2, 0) is 4.79 Å². The van der Waals surface area contributed by atoms with Gasteiger partial charge in [0, 0.05) is 0 Å². The summed E-state index contributed by atoms with van der Waals surface area (Å²) in [5.74, 6) is 0.382. The monoisotopic (exact) mass is 240 g/mol. The summed E-state index contributed by atoms with van der Waals surface area (Å²) in [5.41, 5.74) is 0. The Kier molecular flexibility index (Phi) is 5.72. The average molecular weight is 240 g/mol. The smallest absolute Gasteiger partial charge is 0.234 e. The summed E-state index contributed by atoms with van der Waals surface area (Å²) in [6.45, 7) is 6.23. The Morgan fingerprint density at radius 3 is 2.76 bits per heavy atom. The number of aliphatic hydroxyl groups is 1. The molecule has 0 aliphatic heterocycles. The molecule has 2 N–H and O–H groups in total. The molecule has 17 heavy (non-hydrogen) atoms. The summed E-state index contributed by atoms with van der Waals surface area (Å²) in [4.78, 5) is 13.6. The maximum Gasteiger partial charge on any atom is 0.234 e.